The number of nitrogens with one attached hydrogen (secondary N) is 1. The van der Waals surface area contributed by atoms with Gasteiger partial charge in [-0.15, -0.1) is 18.3 Å². The second kappa shape index (κ2) is 10.0. The molecule has 3 heterocycles. The van der Waals surface area contributed by atoms with E-state index in [4.69, 9.17) is 11.6 Å². The molecule has 1 saturated heterocycles. The van der Waals surface area contributed by atoms with E-state index >= 15 is 0 Å². The third kappa shape index (κ3) is 5.37. The van der Waals surface area contributed by atoms with E-state index in [0.717, 1.165) is 29.8 Å². The summed E-state index contributed by atoms with van der Waals surface area (Å²) < 4.78 is 70.2. The zero-order valence-corrected chi connectivity index (χ0v) is 21.1. The number of benzene rings is 2. The molecule has 0 bridgehead atoms. The molecule has 200 valence electrons. The van der Waals surface area contributed by atoms with Crippen molar-refractivity contribution in [1.29, 1.82) is 0 Å². The number of aromatic nitrogens is 5. The Morgan fingerprint density at radius 3 is 2.58 bits per heavy atom. The lowest BCUT2D eigenvalue weighted by Crippen LogP contribution is -2.39. The van der Waals surface area contributed by atoms with Crippen LogP contribution in [-0.2, 0) is 16.6 Å². The van der Waals surface area contributed by atoms with Gasteiger partial charge in [0, 0.05) is 24.0 Å². The van der Waals surface area contributed by atoms with Crippen molar-refractivity contribution in [2.75, 3.05) is 13.1 Å². The molecule has 0 spiro atoms. The van der Waals surface area contributed by atoms with Crippen LogP contribution in [0.15, 0.2) is 58.2 Å². The first kappa shape index (κ1) is 26.1. The van der Waals surface area contributed by atoms with Crippen LogP contribution in [0.4, 0.5) is 13.2 Å². The summed E-state index contributed by atoms with van der Waals surface area (Å²) in [5, 5.41) is 8.49. The molecule has 15 heteroatoms. The Morgan fingerprint density at radius 1 is 1.13 bits per heavy atom. The first-order valence-electron chi connectivity index (χ1n) is 11.4. The largest absolute Gasteiger partial charge is 0.573 e. The quantitative estimate of drug-likeness (QED) is 0.376. The molecule has 10 nitrogen and oxygen atoms in total. The standard InChI is InChI=1S/C23H20ClF3N6O4S/c24-18-6-2-1-4-14(18)13-33-21-19(30-31-33)22(34)29-20(28-21)15-5-3-11-32(12-15)38(35,36)17-9-7-16(8-10-17)37-23(25,26)27/h1-2,4,6-10,15H,3,5,11-13H2,(H,28,29,34)/t15-/m0/s1. The van der Waals surface area contributed by atoms with Gasteiger partial charge in [0.1, 0.15) is 11.6 Å². The van der Waals surface area contributed by atoms with Crippen LogP contribution >= 0.6 is 11.6 Å². The van der Waals surface area contributed by atoms with Gasteiger partial charge >= 0.3 is 6.36 Å². The first-order valence-corrected chi connectivity index (χ1v) is 13.3. The molecule has 4 aromatic rings. The maximum atomic E-state index is 13.2. The first-order chi connectivity index (χ1) is 18.0. The number of piperidine rings is 1. The summed E-state index contributed by atoms with van der Waals surface area (Å²) in [6, 6.07) is 11.2. The number of aromatic amines is 1. The number of halogens is 4. The van der Waals surface area contributed by atoms with E-state index in [0.29, 0.717) is 23.7 Å². The zero-order valence-electron chi connectivity index (χ0n) is 19.5. The molecular weight excluding hydrogens is 549 g/mol. The Morgan fingerprint density at radius 2 is 1.87 bits per heavy atom. The molecule has 1 aliphatic heterocycles. The van der Waals surface area contributed by atoms with Crippen molar-refractivity contribution < 1.29 is 26.3 Å². The van der Waals surface area contributed by atoms with Crippen molar-refractivity contribution in [3.63, 3.8) is 0 Å². The highest BCUT2D eigenvalue weighted by Gasteiger charge is 2.34. The molecule has 0 amide bonds. The van der Waals surface area contributed by atoms with E-state index in [1.807, 2.05) is 12.1 Å². The van der Waals surface area contributed by atoms with Gasteiger partial charge in [-0.05, 0) is 48.7 Å². The Hall–Kier alpha value is -3.49. The molecule has 1 atom stereocenters. The molecule has 0 saturated carbocycles. The summed E-state index contributed by atoms with van der Waals surface area (Å²) in [7, 11) is -4.03. The van der Waals surface area contributed by atoms with Gasteiger partial charge < -0.3 is 9.72 Å². The van der Waals surface area contributed by atoms with Crippen LogP contribution in [-0.4, -0.2) is 57.1 Å². The average molecular weight is 569 g/mol. The number of hydrogen-bond acceptors (Lipinski definition) is 7. The maximum absolute atomic E-state index is 13.2. The Balaban J connectivity index is 1.40. The number of H-pyrrole nitrogens is 1. The second-order valence-corrected chi connectivity index (χ2v) is 11.0. The van der Waals surface area contributed by atoms with E-state index in [-0.39, 0.29) is 35.7 Å². The number of sulfonamides is 1. The fourth-order valence-corrected chi connectivity index (χ4v) is 6.04. The summed E-state index contributed by atoms with van der Waals surface area (Å²) in [5.74, 6) is -0.670. The number of rotatable bonds is 6. The summed E-state index contributed by atoms with van der Waals surface area (Å²) in [6.45, 7) is 0.451. The van der Waals surface area contributed by atoms with Gasteiger partial charge in [0.2, 0.25) is 10.0 Å². The van der Waals surface area contributed by atoms with Crippen LogP contribution in [0.2, 0.25) is 5.02 Å². The van der Waals surface area contributed by atoms with E-state index in [9.17, 15) is 26.4 Å². The molecule has 2 aromatic heterocycles. The van der Waals surface area contributed by atoms with E-state index in [2.05, 4.69) is 25.0 Å². The van der Waals surface area contributed by atoms with Crippen molar-refractivity contribution in [2.24, 2.45) is 0 Å². The maximum Gasteiger partial charge on any atom is 0.573 e. The van der Waals surface area contributed by atoms with Crippen molar-refractivity contribution in [3.8, 4) is 5.75 Å². The minimum atomic E-state index is -4.89. The molecule has 0 unspecified atom stereocenters. The van der Waals surface area contributed by atoms with Gasteiger partial charge in [-0.2, -0.15) is 4.31 Å². The van der Waals surface area contributed by atoms with Crippen LogP contribution < -0.4 is 10.3 Å². The topological polar surface area (TPSA) is 123 Å². The number of hydrogen-bond donors (Lipinski definition) is 1. The normalized spacial score (nSPS) is 17.1. The average Bonchev–Trinajstić information content (AvgIpc) is 3.28. The number of fused-ring (bicyclic) bond motifs is 1. The minimum absolute atomic E-state index is 0.0175. The molecule has 38 heavy (non-hydrogen) atoms. The molecule has 1 N–H and O–H groups in total. The molecule has 5 rings (SSSR count). The molecule has 0 aliphatic carbocycles. The smallest absolute Gasteiger partial charge is 0.406 e. The van der Waals surface area contributed by atoms with Crippen molar-refractivity contribution in [3.05, 3.63) is 75.3 Å². The molecule has 2 aromatic carbocycles. The van der Waals surface area contributed by atoms with Crippen LogP contribution in [0.25, 0.3) is 11.2 Å². The molecule has 1 aliphatic rings. The number of nitrogens with zero attached hydrogens (tertiary/aromatic N) is 5. The van der Waals surface area contributed by atoms with Crippen molar-refractivity contribution in [2.45, 2.75) is 36.6 Å². The molecular formula is C23H20ClF3N6O4S. The second-order valence-electron chi connectivity index (χ2n) is 8.68. The lowest BCUT2D eigenvalue weighted by atomic mass is 9.99. The number of ether oxygens (including phenoxy) is 1. The monoisotopic (exact) mass is 568 g/mol. The van der Waals surface area contributed by atoms with Gasteiger partial charge in [-0.25, -0.2) is 18.1 Å². The van der Waals surface area contributed by atoms with Gasteiger partial charge in [0.25, 0.3) is 5.56 Å². The Labute approximate surface area is 219 Å². The summed E-state index contributed by atoms with van der Waals surface area (Å²) in [4.78, 5) is 19.8. The lowest BCUT2D eigenvalue weighted by Gasteiger charge is -2.31. The third-order valence-corrected chi connectivity index (χ3v) is 8.38. The summed E-state index contributed by atoms with van der Waals surface area (Å²) in [6.07, 6.45) is -3.84. The molecule has 1 fully saturated rings. The lowest BCUT2D eigenvalue weighted by molar-refractivity contribution is -0.274. The third-order valence-electron chi connectivity index (χ3n) is 6.14. The predicted molar refractivity (Wildman–Crippen MR) is 130 cm³/mol. The highest BCUT2D eigenvalue weighted by atomic mass is 35.5. The fourth-order valence-electron chi connectivity index (χ4n) is 4.32. The van der Waals surface area contributed by atoms with Gasteiger partial charge in [-0.1, -0.05) is 35.0 Å². The minimum Gasteiger partial charge on any atom is -0.406 e. The van der Waals surface area contributed by atoms with Crippen molar-refractivity contribution in [1.82, 2.24) is 29.3 Å². The van der Waals surface area contributed by atoms with E-state index in [1.54, 1.807) is 12.1 Å². The summed E-state index contributed by atoms with van der Waals surface area (Å²) >= 11 is 6.25. The SMILES string of the molecule is O=c1[nH]c([C@H]2CCCN(S(=O)(=O)c3ccc(OC(F)(F)F)cc3)C2)nc2c1nnn2Cc1ccccc1Cl. The number of alkyl halides is 3. The van der Waals surface area contributed by atoms with E-state index in [1.165, 1.54) is 8.99 Å². The summed E-state index contributed by atoms with van der Waals surface area (Å²) in [5.41, 5.74) is 0.535. The fraction of sp³-hybridized carbons (Fsp3) is 0.304. The highest BCUT2D eigenvalue weighted by molar-refractivity contribution is 7.89. The highest BCUT2D eigenvalue weighted by Crippen LogP contribution is 2.30. The van der Waals surface area contributed by atoms with Crippen LogP contribution in [0.1, 0.15) is 30.1 Å². The molecule has 0 radical (unpaired) electrons. The van der Waals surface area contributed by atoms with Gasteiger partial charge in [0.15, 0.2) is 11.2 Å². The predicted octanol–water partition coefficient (Wildman–Crippen LogP) is 3.68. The van der Waals surface area contributed by atoms with Crippen LogP contribution in [0, 0.1) is 0 Å². The van der Waals surface area contributed by atoms with Crippen LogP contribution in [0.5, 0.6) is 5.75 Å². The van der Waals surface area contributed by atoms with Crippen LogP contribution in [0.3, 0.4) is 0 Å². The zero-order chi connectivity index (χ0) is 27.1. The Kier molecular flexibility index (Phi) is 6.88. The van der Waals surface area contributed by atoms with Crippen molar-refractivity contribution >= 4 is 32.8 Å². The van der Waals surface area contributed by atoms with Gasteiger partial charge in [-0.3, -0.25) is 4.79 Å². The Bertz CT molecular complexity index is 1640. The van der Waals surface area contributed by atoms with Gasteiger partial charge in [0.05, 0.1) is 11.4 Å². The van der Waals surface area contributed by atoms with E-state index < -0.39 is 33.6 Å².